The Bertz CT molecular complexity index is 247. The highest BCUT2D eigenvalue weighted by Gasteiger charge is 2.32. The number of hydrogen-bond donors (Lipinski definition) is 1. The van der Waals surface area contributed by atoms with Gasteiger partial charge in [-0.2, -0.15) is 0 Å². The van der Waals surface area contributed by atoms with Gasteiger partial charge < -0.3 is 10.1 Å². The highest BCUT2D eigenvalue weighted by atomic mass is 35.5. The lowest BCUT2D eigenvalue weighted by Crippen LogP contribution is -2.48. The summed E-state index contributed by atoms with van der Waals surface area (Å²) in [6, 6.07) is 0. The van der Waals surface area contributed by atoms with Crippen LogP contribution >= 0.6 is 11.6 Å². The second-order valence-electron chi connectivity index (χ2n) is 4.92. The minimum absolute atomic E-state index is 0.0104. The molecule has 1 saturated heterocycles. The lowest BCUT2D eigenvalue weighted by molar-refractivity contribution is -0.126. The molecule has 0 aromatic heterocycles. The number of alkyl halides is 1. The second-order valence-corrected chi connectivity index (χ2v) is 5.30. The number of carbonyl (C=O) groups excluding carboxylic acids is 1. The van der Waals surface area contributed by atoms with E-state index in [1.807, 2.05) is 13.8 Å². The van der Waals surface area contributed by atoms with Gasteiger partial charge in [0.25, 0.3) is 0 Å². The van der Waals surface area contributed by atoms with Crippen molar-refractivity contribution in [3.05, 3.63) is 0 Å². The Hall–Kier alpha value is -0.280. The van der Waals surface area contributed by atoms with Crippen molar-refractivity contribution >= 4 is 17.5 Å². The molecule has 1 N–H and O–H groups in total. The van der Waals surface area contributed by atoms with Crippen molar-refractivity contribution in [1.82, 2.24) is 5.32 Å². The zero-order valence-corrected chi connectivity index (χ0v) is 11.1. The summed E-state index contributed by atoms with van der Waals surface area (Å²) in [5.74, 6) is 0.692. The Morgan fingerprint density at radius 3 is 2.75 bits per heavy atom. The molecule has 4 heteroatoms. The van der Waals surface area contributed by atoms with Gasteiger partial charge in [-0.15, -0.1) is 11.6 Å². The van der Waals surface area contributed by atoms with Crippen LogP contribution in [0.25, 0.3) is 0 Å². The van der Waals surface area contributed by atoms with E-state index in [1.165, 1.54) is 0 Å². The summed E-state index contributed by atoms with van der Waals surface area (Å²) >= 11 is 5.75. The SMILES string of the molecule is CCC(C)(CCCl)NC(=O)C1COC(C)C1. The number of nitrogens with one attached hydrogen (secondary N) is 1. The monoisotopic (exact) mass is 247 g/mol. The van der Waals surface area contributed by atoms with Crippen molar-refractivity contribution < 1.29 is 9.53 Å². The average molecular weight is 248 g/mol. The summed E-state index contributed by atoms with van der Waals surface area (Å²) in [5, 5.41) is 3.10. The molecule has 1 rings (SSSR count). The maximum atomic E-state index is 12.0. The lowest BCUT2D eigenvalue weighted by atomic mass is 9.93. The first-order valence-corrected chi connectivity index (χ1v) is 6.54. The number of rotatable bonds is 5. The van der Waals surface area contributed by atoms with Gasteiger partial charge in [0.1, 0.15) is 0 Å². The van der Waals surface area contributed by atoms with Crippen molar-refractivity contribution in [2.45, 2.75) is 51.7 Å². The highest BCUT2D eigenvalue weighted by molar-refractivity contribution is 6.17. The number of hydrogen-bond acceptors (Lipinski definition) is 2. The van der Waals surface area contributed by atoms with Crippen LogP contribution in [-0.2, 0) is 9.53 Å². The normalized spacial score (nSPS) is 28.8. The summed E-state index contributed by atoms with van der Waals surface area (Å²) in [7, 11) is 0. The molecule has 0 bridgehead atoms. The van der Waals surface area contributed by atoms with E-state index in [0.29, 0.717) is 12.5 Å². The third-order valence-corrected chi connectivity index (χ3v) is 3.61. The molecule has 1 amide bonds. The van der Waals surface area contributed by atoms with Gasteiger partial charge in [-0.3, -0.25) is 4.79 Å². The first-order chi connectivity index (χ1) is 7.50. The van der Waals surface area contributed by atoms with Crippen LogP contribution in [-0.4, -0.2) is 30.0 Å². The van der Waals surface area contributed by atoms with E-state index in [0.717, 1.165) is 19.3 Å². The second kappa shape index (κ2) is 5.87. The van der Waals surface area contributed by atoms with Crippen LogP contribution in [0.2, 0.25) is 0 Å². The van der Waals surface area contributed by atoms with Crippen molar-refractivity contribution in [1.29, 1.82) is 0 Å². The van der Waals surface area contributed by atoms with E-state index >= 15 is 0 Å². The van der Waals surface area contributed by atoms with Crippen molar-refractivity contribution in [2.75, 3.05) is 12.5 Å². The number of carbonyl (C=O) groups is 1. The van der Waals surface area contributed by atoms with Gasteiger partial charge in [0.05, 0.1) is 18.6 Å². The highest BCUT2D eigenvalue weighted by Crippen LogP contribution is 2.22. The smallest absolute Gasteiger partial charge is 0.225 e. The van der Waals surface area contributed by atoms with Gasteiger partial charge in [0, 0.05) is 11.4 Å². The third kappa shape index (κ3) is 3.63. The Morgan fingerprint density at radius 1 is 1.62 bits per heavy atom. The molecule has 0 aliphatic carbocycles. The molecule has 0 spiro atoms. The van der Waals surface area contributed by atoms with Crippen LogP contribution in [0.3, 0.4) is 0 Å². The Morgan fingerprint density at radius 2 is 2.31 bits per heavy atom. The predicted molar refractivity (Wildman–Crippen MR) is 65.7 cm³/mol. The predicted octanol–water partition coefficient (Wildman–Crippen LogP) is 2.33. The molecule has 0 aromatic carbocycles. The van der Waals surface area contributed by atoms with Gasteiger partial charge in [0.2, 0.25) is 5.91 Å². The molecule has 0 saturated carbocycles. The molecule has 3 nitrogen and oxygen atoms in total. The van der Waals surface area contributed by atoms with E-state index in [9.17, 15) is 4.79 Å². The zero-order valence-electron chi connectivity index (χ0n) is 10.4. The van der Waals surface area contributed by atoms with Crippen LogP contribution in [0.4, 0.5) is 0 Å². The van der Waals surface area contributed by atoms with Gasteiger partial charge in [-0.25, -0.2) is 0 Å². The minimum Gasteiger partial charge on any atom is -0.378 e. The summed E-state index contributed by atoms with van der Waals surface area (Å²) in [5.41, 5.74) is -0.176. The Labute approximate surface area is 103 Å². The van der Waals surface area contributed by atoms with Crippen LogP contribution in [0.15, 0.2) is 0 Å². The van der Waals surface area contributed by atoms with Crippen molar-refractivity contribution in [3.63, 3.8) is 0 Å². The van der Waals surface area contributed by atoms with Gasteiger partial charge in [-0.05, 0) is 33.1 Å². The zero-order chi connectivity index (χ0) is 12.2. The standard InChI is InChI=1S/C12H22ClNO2/c1-4-12(3,5-6-13)14-11(15)10-7-9(2)16-8-10/h9-10H,4-8H2,1-3H3,(H,14,15). The summed E-state index contributed by atoms with van der Waals surface area (Å²) in [4.78, 5) is 12.0. The fraction of sp³-hybridized carbons (Fsp3) is 0.917. The molecule has 0 radical (unpaired) electrons. The van der Waals surface area contributed by atoms with Crippen molar-refractivity contribution in [3.8, 4) is 0 Å². The van der Waals surface area contributed by atoms with Crippen molar-refractivity contribution in [2.24, 2.45) is 5.92 Å². The molecule has 3 unspecified atom stereocenters. The maximum absolute atomic E-state index is 12.0. The van der Waals surface area contributed by atoms with E-state index in [1.54, 1.807) is 0 Å². The third-order valence-electron chi connectivity index (χ3n) is 3.42. The van der Waals surface area contributed by atoms with Crippen LogP contribution in [0.1, 0.15) is 40.0 Å². The molecule has 1 aliphatic heterocycles. The fourth-order valence-corrected chi connectivity index (χ4v) is 2.35. The molecule has 0 aromatic rings. The number of halogens is 1. The molecular weight excluding hydrogens is 226 g/mol. The van der Waals surface area contributed by atoms with Crippen LogP contribution in [0.5, 0.6) is 0 Å². The summed E-state index contributed by atoms with van der Waals surface area (Å²) in [6.45, 7) is 6.67. The maximum Gasteiger partial charge on any atom is 0.225 e. The molecule has 1 heterocycles. The molecule has 3 atom stereocenters. The number of amides is 1. The quantitative estimate of drug-likeness (QED) is 0.758. The molecule has 1 fully saturated rings. The Balaban J connectivity index is 2.48. The van der Waals surface area contributed by atoms with Crippen LogP contribution in [0, 0.1) is 5.92 Å². The number of ether oxygens (including phenoxy) is 1. The van der Waals surface area contributed by atoms with Gasteiger partial charge in [-0.1, -0.05) is 6.92 Å². The first kappa shape index (κ1) is 13.8. The molecule has 16 heavy (non-hydrogen) atoms. The minimum atomic E-state index is -0.176. The largest absolute Gasteiger partial charge is 0.378 e. The van der Waals surface area contributed by atoms with Crippen LogP contribution < -0.4 is 5.32 Å². The Kier molecular flexibility index (Phi) is 5.06. The average Bonchev–Trinajstić information content (AvgIpc) is 2.65. The molecule has 1 aliphatic rings. The molecular formula is C12H22ClNO2. The molecule has 94 valence electrons. The fourth-order valence-electron chi connectivity index (χ4n) is 1.94. The lowest BCUT2D eigenvalue weighted by Gasteiger charge is -2.30. The first-order valence-electron chi connectivity index (χ1n) is 6.00. The van der Waals surface area contributed by atoms with Gasteiger partial charge in [0.15, 0.2) is 0 Å². The van der Waals surface area contributed by atoms with E-state index in [4.69, 9.17) is 16.3 Å². The van der Waals surface area contributed by atoms with Gasteiger partial charge >= 0.3 is 0 Å². The topological polar surface area (TPSA) is 38.3 Å². The van der Waals surface area contributed by atoms with E-state index < -0.39 is 0 Å². The summed E-state index contributed by atoms with van der Waals surface area (Å²) in [6.07, 6.45) is 2.73. The summed E-state index contributed by atoms with van der Waals surface area (Å²) < 4.78 is 5.41. The van der Waals surface area contributed by atoms with E-state index in [-0.39, 0.29) is 23.5 Å². The van der Waals surface area contributed by atoms with E-state index in [2.05, 4.69) is 12.2 Å².